The van der Waals surface area contributed by atoms with Crippen molar-refractivity contribution in [2.75, 3.05) is 6.61 Å². The number of hydrogen-bond donors (Lipinski definition) is 2. The molecule has 0 spiro atoms. The Morgan fingerprint density at radius 2 is 2.45 bits per heavy atom. The number of carboxylic acids is 1. The molecule has 7 heteroatoms. The number of ether oxygens (including phenoxy) is 1. The lowest BCUT2D eigenvalue weighted by Crippen LogP contribution is -2.32. The summed E-state index contributed by atoms with van der Waals surface area (Å²) in [6, 6.07) is -0.174. The van der Waals surface area contributed by atoms with E-state index in [9.17, 15) is 9.59 Å². The monoisotopic (exact) mass is 298 g/mol. The van der Waals surface area contributed by atoms with E-state index in [0.717, 1.165) is 24.5 Å². The van der Waals surface area contributed by atoms with Gasteiger partial charge in [0.25, 0.3) is 5.91 Å². The maximum atomic E-state index is 12.0. The molecule has 0 bridgehead atoms. The molecular formula is C13H18N2O4S. The number of carbonyl (C=O) groups is 2. The van der Waals surface area contributed by atoms with Crippen LogP contribution < -0.4 is 5.32 Å². The second-order valence-electron chi connectivity index (χ2n) is 4.87. The standard InChI is InChI=1S/C13H18N2O4S/c1-8(4-5-11(16)17)15-12(18)10-7-14-13(20-10)9-3-2-6-19-9/h7-9H,2-6H2,1H3,(H,15,18)(H,16,17). The number of hydrogen-bond acceptors (Lipinski definition) is 5. The number of thiazole rings is 1. The number of carbonyl (C=O) groups excluding carboxylic acids is 1. The fraction of sp³-hybridized carbons (Fsp3) is 0.615. The van der Waals surface area contributed by atoms with E-state index in [-0.39, 0.29) is 24.5 Å². The predicted molar refractivity (Wildman–Crippen MR) is 73.8 cm³/mol. The third kappa shape index (κ3) is 4.01. The Bertz CT molecular complexity index is 482. The van der Waals surface area contributed by atoms with Crippen molar-refractivity contribution in [3.63, 3.8) is 0 Å². The summed E-state index contributed by atoms with van der Waals surface area (Å²) in [6.45, 7) is 2.54. The van der Waals surface area contributed by atoms with Crippen LogP contribution in [0.25, 0.3) is 0 Å². The van der Waals surface area contributed by atoms with Crippen LogP contribution in [0, 0.1) is 0 Å². The van der Waals surface area contributed by atoms with E-state index in [4.69, 9.17) is 9.84 Å². The van der Waals surface area contributed by atoms with E-state index in [1.54, 1.807) is 13.1 Å². The molecule has 0 aromatic carbocycles. The molecule has 0 aliphatic carbocycles. The van der Waals surface area contributed by atoms with Crippen LogP contribution in [0.3, 0.4) is 0 Å². The highest BCUT2D eigenvalue weighted by atomic mass is 32.1. The van der Waals surface area contributed by atoms with Gasteiger partial charge in [0.2, 0.25) is 0 Å². The van der Waals surface area contributed by atoms with Gasteiger partial charge in [0.05, 0.1) is 6.20 Å². The molecule has 2 rings (SSSR count). The number of nitrogens with one attached hydrogen (secondary N) is 1. The molecule has 1 aliphatic heterocycles. The molecule has 20 heavy (non-hydrogen) atoms. The summed E-state index contributed by atoms with van der Waals surface area (Å²) in [5, 5.41) is 12.2. The molecule has 1 amide bonds. The van der Waals surface area contributed by atoms with Gasteiger partial charge in [-0.15, -0.1) is 11.3 Å². The highest BCUT2D eigenvalue weighted by Crippen LogP contribution is 2.31. The number of amides is 1. The Kier molecular flexibility index (Phi) is 5.08. The van der Waals surface area contributed by atoms with Gasteiger partial charge in [0.1, 0.15) is 16.0 Å². The topological polar surface area (TPSA) is 88.5 Å². The van der Waals surface area contributed by atoms with Crippen LogP contribution in [0.1, 0.15) is 53.4 Å². The molecule has 2 unspecified atom stereocenters. The minimum absolute atomic E-state index is 0.0194. The molecule has 0 radical (unpaired) electrons. The van der Waals surface area contributed by atoms with Crippen LogP contribution in [0.15, 0.2) is 6.20 Å². The number of aromatic nitrogens is 1. The van der Waals surface area contributed by atoms with Gasteiger partial charge in [-0.05, 0) is 26.2 Å². The highest BCUT2D eigenvalue weighted by Gasteiger charge is 2.22. The zero-order valence-electron chi connectivity index (χ0n) is 11.3. The third-order valence-corrected chi connectivity index (χ3v) is 4.21. The summed E-state index contributed by atoms with van der Waals surface area (Å²) in [7, 11) is 0. The smallest absolute Gasteiger partial charge is 0.303 e. The van der Waals surface area contributed by atoms with Gasteiger partial charge in [0.15, 0.2) is 0 Å². The first kappa shape index (κ1) is 14.9. The van der Waals surface area contributed by atoms with Crippen molar-refractivity contribution in [3.05, 3.63) is 16.1 Å². The molecule has 2 heterocycles. The second-order valence-corrected chi connectivity index (χ2v) is 5.93. The van der Waals surface area contributed by atoms with Gasteiger partial charge >= 0.3 is 5.97 Å². The first-order valence-electron chi connectivity index (χ1n) is 6.66. The molecule has 1 saturated heterocycles. The molecular weight excluding hydrogens is 280 g/mol. The fourth-order valence-electron chi connectivity index (χ4n) is 2.02. The van der Waals surface area contributed by atoms with Crippen molar-refractivity contribution < 1.29 is 19.4 Å². The normalized spacial score (nSPS) is 19.8. The van der Waals surface area contributed by atoms with Crippen molar-refractivity contribution in [2.45, 2.75) is 44.8 Å². The zero-order valence-corrected chi connectivity index (χ0v) is 12.1. The largest absolute Gasteiger partial charge is 0.481 e. The summed E-state index contributed by atoms with van der Waals surface area (Å²) in [4.78, 5) is 27.3. The van der Waals surface area contributed by atoms with E-state index in [1.165, 1.54) is 11.3 Å². The first-order chi connectivity index (χ1) is 9.56. The maximum absolute atomic E-state index is 12.0. The Labute approximate surface area is 121 Å². The van der Waals surface area contributed by atoms with Crippen molar-refractivity contribution in [2.24, 2.45) is 0 Å². The summed E-state index contributed by atoms with van der Waals surface area (Å²) in [6.07, 6.45) is 4.01. The Balaban J connectivity index is 1.87. The van der Waals surface area contributed by atoms with E-state index in [1.807, 2.05) is 0 Å². The molecule has 1 aromatic rings. The Morgan fingerprint density at radius 3 is 3.10 bits per heavy atom. The number of rotatable bonds is 6. The van der Waals surface area contributed by atoms with Crippen molar-refractivity contribution in [1.82, 2.24) is 10.3 Å². The number of nitrogens with zero attached hydrogens (tertiary/aromatic N) is 1. The first-order valence-corrected chi connectivity index (χ1v) is 7.48. The summed E-state index contributed by atoms with van der Waals surface area (Å²) in [5.74, 6) is -1.06. The SMILES string of the molecule is CC(CCC(=O)O)NC(=O)c1cnc(C2CCCO2)s1. The third-order valence-electron chi connectivity index (χ3n) is 3.12. The zero-order chi connectivity index (χ0) is 14.5. The summed E-state index contributed by atoms with van der Waals surface area (Å²) in [5.41, 5.74) is 0. The van der Waals surface area contributed by atoms with Crippen molar-refractivity contribution >= 4 is 23.2 Å². The molecule has 110 valence electrons. The number of aliphatic carboxylic acids is 1. The van der Waals surface area contributed by atoms with Crippen LogP contribution in [0.2, 0.25) is 0 Å². The van der Waals surface area contributed by atoms with Gasteiger partial charge in [-0.2, -0.15) is 0 Å². The minimum Gasteiger partial charge on any atom is -0.481 e. The van der Waals surface area contributed by atoms with Crippen LogP contribution in [0.4, 0.5) is 0 Å². The predicted octanol–water partition coefficient (Wildman–Crippen LogP) is 1.98. The lowest BCUT2D eigenvalue weighted by Gasteiger charge is -2.11. The Hall–Kier alpha value is -1.47. The molecule has 1 aliphatic rings. The quantitative estimate of drug-likeness (QED) is 0.838. The average Bonchev–Trinajstić information content (AvgIpc) is 3.06. The lowest BCUT2D eigenvalue weighted by atomic mass is 10.2. The molecule has 1 fully saturated rings. The van der Waals surface area contributed by atoms with Crippen molar-refractivity contribution in [3.8, 4) is 0 Å². The number of carboxylic acid groups (broad SMARTS) is 1. The van der Waals surface area contributed by atoms with Crippen LogP contribution in [-0.4, -0.2) is 34.6 Å². The van der Waals surface area contributed by atoms with Gasteiger partial charge in [-0.1, -0.05) is 0 Å². The van der Waals surface area contributed by atoms with Gasteiger partial charge < -0.3 is 15.2 Å². The Morgan fingerprint density at radius 1 is 1.65 bits per heavy atom. The minimum atomic E-state index is -0.857. The van der Waals surface area contributed by atoms with E-state index < -0.39 is 5.97 Å². The van der Waals surface area contributed by atoms with E-state index in [2.05, 4.69) is 10.3 Å². The second kappa shape index (κ2) is 6.81. The van der Waals surface area contributed by atoms with E-state index >= 15 is 0 Å². The average molecular weight is 298 g/mol. The maximum Gasteiger partial charge on any atom is 0.303 e. The van der Waals surface area contributed by atoms with Crippen LogP contribution in [0.5, 0.6) is 0 Å². The molecule has 2 atom stereocenters. The highest BCUT2D eigenvalue weighted by molar-refractivity contribution is 7.13. The van der Waals surface area contributed by atoms with Gasteiger partial charge in [-0.3, -0.25) is 9.59 Å². The summed E-state index contributed by atoms with van der Waals surface area (Å²) < 4.78 is 5.53. The lowest BCUT2D eigenvalue weighted by molar-refractivity contribution is -0.137. The van der Waals surface area contributed by atoms with E-state index in [0.29, 0.717) is 11.3 Å². The van der Waals surface area contributed by atoms with Crippen LogP contribution >= 0.6 is 11.3 Å². The fourth-order valence-corrected chi connectivity index (χ4v) is 2.93. The molecule has 2 N–H and O–H groups in total. The molecule has 0 saturated carbocycles. The summed E-state index contributed by atoms with van der Waals surface area (Å²) >= 11 is 1.34. The van der Waals surface area contributed by atoms with Crippen LogP contribution in [-0.2, 0) is 9.53 Å². The van der Waals surface area contributed by atoms with Gasteiger partial charge in [0, 0.05) is 19.1 Å². The van der Waals surface area contributed by atoms with Crippen molar-refractivity contribution in [1.29, 1.82) is 0 Å². The van der Waals surface area contributed by atoms with Gasteiger partial charge in [-0.25, -0.2) is 4.98 Å². The molecule has 1 aromatic heterocycles. The molecule has 6 nitrogen and oxygen atoms in total.